The quantitative estimate of drug-likeness (QED) is 0.389. The average Bonchev–Trinajstić information content (AvgIpc) is 3.12. The van der Waals surface area contributed by atoms with Crippen molar-refractivity contribution >= 4 is 22.5 Å². The Morgan fingerprint density at radius 3 is 2.26 bits per heavy atom. The summed E-state index contributed by atoms with van der Waals surface area (Å²) in [6, 6.07) is 12.7. The van der Waals surface area contributed by atoms with Crippen LogP contribution in [0.3, 0.4) is 0 Å². The number of carbonyl (C=O) groups excluding carboxylic acids is 1. The number of ketones is 1. The maximum Gasteiger partial charge on any atom is 0.387 e. The Hall–Kier alpha value is -4.34. The van der Waals surface area contributed by atoms with Gasteiger partial charge < -0.3 is 14.4 Å². The van der Waals surface area contributed by atoms with Crippen molar-refractivity contribution in [3.63, 3.8) is 0 Å². The summed E-state index contributed by atoms with van der Waals surface area (Å²) in [5.74, 6) is -1.73. The second-order valence-corrected chi connectivity index (χ2v) is 7.98. The van der Waals surface area contributed by atoms with E-state index in [4.69, 9.17) is 0 Å². The highest BCUT2D eigenvalue weighted by molar-refractivity contribution is 6.02. The summed E-state index contributed by atoms with van der Waals surface area (Å²) in [6.45, 7) is 2.05. The number of carboxylic acids is 1. The number of aromatic carboxylic acids is 1. The first-order chi connectivity index (χ1) is 16.6. The molecule has 4 aromatic rings. The molecule has 0 aliphatic heterocycles. The second kappa shape index (κ2) is 9.13. The first-order valence-corrected chi connectivity index (χ1v) is 10.6. The molecule has 1 N–H and O–H groups in total. The Morgan fingerprint density at radius 2 is 1.66 bits per heavy atom. The van der Waals surface area contributed by atoms with Gasteiger partial charge >= 0.3 is 12.6 Å². The number of rotatable bonds is 7. The fourth-order valence-corrected chi connectivity index (χ4v) is 4.15. The van der Waals surface area contributed by atoms with Gasteiger partial charge in [-0.05, 0) is 57.2 Å². The number of Topliss-reactive ketones (excluding diaryl/α,β-unsaturated/α-hetero) is 1. The predicted octanol–water partition coefficient (Wildman–Crippen LogP) is 4.55. The molecule has 0 spiro atoms. The van der Waals surface area contributed by atoms with Crippen molar-refractivity contribution in [3.8, 4) is 11.4 Å². The zero-order chi connectivity index (χ0) is 25.4. The van der Waals surface area contributed by atoms with Gasteiger partial charge in [0.15, 0.2) is 11.5 Å². The van der Waals surface area contributed by atoms with Crippen molar-refractivity contribution in [1.82, 2.24) is 14.3 Å². The van der Waals surface area contributed by atoms with E-state index in [1.54, 1.807) is 48.7 Å². The van der Waals surface area contributed by atoms with Crippen LogP contribution in [0.15, 0.2) is 59.4 Å². The van der Waals surface area contributed by atoms with Gasteiger partial charge in [-0.15, -0.1) is 0 Å². The highest BCUT2D eigenvalue weighted by Gasteiger charge is 2.26. The molecule has 2 aromatic heterocycles. The number of aromatic nitrogens is 3. The van der Waals surface area contributed by atoms with Crippen LogP contribution in [0.1, 0.15) is 45.2 Å². The highest BCUT2D eigenvalue weighted by Crippen LogP contribution is 2.26. The Labute approximate surface area is 198 Å². The highest BCUT2D eigenvalue weighted by atomic mass is 19.3. The molecule has 2 aromatic carbocycles. The van der Waals surface area contributed by atoms with Crippen LogP contribution >= 0.6 is 0 Å². The Balaban J connectivity index is 1.74. The van der Waals surface area contributed by atoms with Gasteiger partial charge in [-0.25, -0.2) is 9.48 Å². The van der Waals surface area contributed by atoms with Gasteiger partial charge in [-0.3, -0.25) is 9.59 Å². The number of aryl methyl sites for hydroxylation is 1. The van der Waals surface area contributed by atoms with E-state index < -0.39 is 30.0 Å². The fraction of sp³-hybridized carbons (Fsp3) is 0.200. The monoisotopic (exact) mass is 481 g/mol. The zero-order valence-corrected chi connectivity index (χ0v) is 19.0. The van der Waals surface area contributed by atoms with E-state index in [2.05, 4.69) is 9.84 Å². The number of ether oxygens (including phenoxy) is 1. The number of hydrogen-bond acceptors (Lipinski definition) is 5. The van der Waals surface area contributed by atoms with Crippen molar-refractivity contribution < 1.29 is 28.2 Å². The van der Waals surface area contributed by atoms with Crippen molar-refractivity contribution in [2.45, 2.75) is 33.4 Å². The van der Waals surface area contributed by atoms with Crippen LogP contribution in [0.4, 0.5) is 8.78 Å². The second-order valence-electron chi connectivity index (χ2n) is 7.98. The van der Waals surface area contributed by atoms with E-state index in [0.717, 1.165) is 4.68 Å². The van der Waals surface area contributed by atoms with E-state index in [1.807, 2.05) is 0 Å². The molecule has 0 saturated carbocycles. The van der Waals surface area contributed by atoms with E-state index in [9.17, 15) is 28.3 Å². The molecule has 0 radical (unpaired) electrons. The van der Waals surface area contributed by atoms with Gasteiger partial charge in [-0.1, -0.05) is 18.2 Å². The minimum atomic E-state index is -2.93. The van der Waals surface area contributed by atoms with Gasteiger partial charge in [0.1, 0.15) is 11.8 Å². The molecule has 0 saturated heterocycles. The first kappa shape index (κ1) is 23.8. The summed E-state index contributed by atoms with van der Waals surface area (Å²) in [4.78, 5) is 38.3. The fourth-order valence-electron chi connectivity index (χ4n) is 4.15. The van der Waals surface area contributed by atoms with Crippen molar-refractivity contribution in [2.75, 3.05) is 0 Å². The number of benzene rings is 2. The van der Waals surface area contributed by atoms with Gasteiger partial charge in [0, 0.05) is 28.0 Å². The molecule has 0 aliphatic rings. The molecule has 1 atom stereocenters. The third kappa shape index (κ3) is 4.30. The third-order valence-electron chi connectivity index (χ3n) is 5.79. The minimum Gasteiger partial charge on any atom is -0.476 e. The van der Waals surface area contributed by atoms with Crippen LogP contribution in [-0.2, 0) is 0 Å². The summed E-state index contributed by atoms with van der Waals surface area (Å²) >= 11 is 0. The molecule has 2 heterocycles. The van der Waals surface area contributed by atoms with Gasteiger partial charge in [0.05, 0.1) is 5.39 Å². The summed E-state index contributed by atoms with van der Waals surface area (Å²) in [6.07, 6.45) is 0. The van der Waals surface area contributed by atoms with Crippen molar-refractivity contribution in [3.05, 3.63) is 87.6 Å². The SMILES string of the molecule is Cc1cc(C(=O)C(C)n2nc(C(=O)O)c3ccccc3c2=O)c(C)n1-c1ccc(OC(F)F)cc1. The normalized spacial score (nSPS) is 12.2. The summed E-state index contributed by atoms with van der Waals surface area (Å²) in [7, 11) is 0. The smallest absolute Gasteiger partial charge is 0.387 e. The minimum absolute atomic E-state index is 0.00660. The maximum absolute atomic E-state index is 13.4. The number of nitrogens with zero attached hydrogens (tertiary/aromatic N) is 3. The molecule has 10 heteroatoms. The topological polar surface area (TPSA) is 103 Å². The Bertz CT molecular complexity index is 1510. The van der Waals surface area contributed by atoms with E-state index in [1.165, 1.54) is 31.2 Å². The molecular weight excluding hydrogens is 460 g/mol. The van der Waals surface area contributed by atoms with Gasteiger partial charge in [0.25, 0.3) is 5.56 Å². The van der Waals surface area contributed by atoms with E-state index >= 15 is 0 Å². The van der Waals surface area contributed by atoms with Crippen molar-refractivity contribution in [2.24, 2.45) is 0 Å². The van der Waals surface area contributed by atoms with Crippen LogP contribution in [0.25, 0.3) is 16.5 Å². The lowest BCUT2D eigenvalue weighted by molar-refractivity contribution is -0.0498. The van der Waals surface area contributed by atoms with Crippen LogP contribution in [-0.4, -0.2) is 37.8 Å². The molecule has 180 valence electrons. The number of fused-ring (bicyclic) bond motifs is 1. The van der Waals surface area contributed by atoms with Crippen LogP contribution in [0.2, 0.25) is 0 Å². The number of carboxylic acid groups (broad SMARTS) is 1. The average molecular weight is 481 g/mol. The molecule has 1 unspecified atom stereocenters. The molecule has 0 fully saturated rings. The van der Waals surface area contributed by atoms with Crippen LogP contribution < -0.4 is 10.3 Å². The summed E-state index contributed by atoms with van der Waals surface area (Å²) in [5.41, 5.74) is 1.32. The zero-order valence-electron chi connectivity index (χ0n) is 19.0. The lowest BCUT2D eigenvalue weighted by Crippen LogP contribution is -2.32. The largest absolute Gasteiger partial charge is 0.476 e. The number of carbonyl (C=O) groups is 2. The molecule has 4 rings (SSSR count). The van der Waals surface area contributed by atoms with E-state index in [-0.39, 0.29) is 22.2 Å². The number of halogens is 2. The lowest BCUT2D eigenvalue weighted by Gasteiger charge is -2.15. The predicted molar refractivity (Wildman–Crippen MR) is 124 cm³/mol. The lowest BCUT2D eigenvalue weighted by atomic mass is 10.1. The first-order valence-electron chi connectivity index (χ1n) is 10.6. The van der Waals surface area contributed by atoms with Crippen molar-refractivity contribution in [1.29, 1.82) is 0 Å². The number of alkyl halides is 2. The summed E-state index contributed by atoms with van der Waals surface area (Å²) < 4.78 is 31.9. The molecule has 0 amide bonds. The standard InChI is InChI=1S/C25H21F2N3O5/c1-13-12-20(14(2)29(13)16-8-10-17(11-9-16)35-25(26)27)22(31)15(3)30-23(32)19-7-5-4-6-18(19)21(28-30)24(33)34/h4-12,15,25H,1-3H3,(H,33,34). The molecule has 35 heavy (non-hydrogen) atoms. The molecular formula is C25H21F2N3O5. The van der Waals surface area contributed by atoms with Gasteiger partial charge in [-0.2, -0.15) is 13.9 Å². The van der Waals surface area contributed by atoms with E-state index in [0.29, 0.717) is 22.6 Å². The number of hydrogen-bond donors (Lipinski definition) is 1. The molecule has 8 nitrogen and oxygen atoms in total. The molecule has 0 bridgehead atoms. The Morgan fingerprint density at radius 1 is 1.03 bits per heavy atom. The van der Waals surface area contributed by atoms with Crippen LogP contribution in [0, 0.1) is 13.8 Å². The Kier molecular flexibility index (Phi) is 6.21. The van der Waals surface area contributed by atoms with Crippen LogP contribution in [0.5, 0.6) is 5.75 Å². The summed E-state index contributed by atoms with van der Waals surface area (Å²) in [5, 5.41) is 13.9. The molecule has 0 aliphatic carbocycles. The third-order valence-corrected chi connectivity index (χ3v) is 5.79. The maximum atomic E-state index is 13.4. The van der Waals surface area contributed by atoms with Gasteiger partial charge in [0.2, 0.25) is 0 Å².